The molecule has 2 heterocycles. The lowest BCUT2D eigenvalue weighted by Gasteiger charge is -2.32. The minimum Gasteiger partial charge on any atom is -0.387 e. The van der Waals surface area contributed by atoms with Crippen molar-refractivity contribution < 1.29 is 24.8 Å². The fourth-order valence-corrected chi connectivity index (χ4v) is 1.38. The van der Waals surface area contributed by atoms with Crippen LogP contribution in [0, 0.1) is 0 Å². The van der Waals surface area contributed by atoms with E-state index in [1.165, 1.54) is 0 Å². The summed E-state index contributed by atoms with van der Waals surface area (Å²) >= 11 is 0. The fourth-order valence-electron chi connectivity index (χ4n) is 1.38. The van der Waals surface area contributed by atoms with Crippen LogP contribution in [0.2, 0.25) is 0 Å². The van der Waals surface area contributed by atoms with E-state index >= 15 is 0 Å². The molecular weight excluding hydrogens is 152 g/mol. The molecule has 5 atom stereocenters. The molecule has 2 bridgehead atoms. The largest absolute Gasteiger partial charge is 0.387 e. The predicted octanol–water partition coefficient (Wildman–Crippen LogP) is -2.18. The van der Waals surface area contributed by atoms with Gasteiger partial charge in [-0.2, -0.15) is 0 Å². The molecule has 3 N–H and O–H groups in total. The van der Waals surface area contributed by atoms with E-state index in [-0.39, 0.29) is 6.61 Å². The first-order chi connectivity index (χ1) is 5.20. The topological polar surface area (TPSA) is 79.2 Å². The molecule has 0 aromatic rings. The second-order valence-corrected chi connectivity index (χ2v) is 2.85. The summed E-state index contributed by atoms with van der Waals surface area (Å²) in [4.78, 5) is 0. The van der Waals surface area contributed by atoms with Gasteiger partial charge in [0.25, 0.3) is 0 Å². The zero-order chi connectivity index (χ0) is 8.01. The average molecular weight is 162 g/mol. The highest BCUT2D eigenvalue weighted by atomic mass is 16.7. The molecule has 64 valence electrons. The smallest absolute Gasteiger partial charge is 0.186 e. The van der Waals surface area contributed by atoms with Crippen molar-refractivity contribution in [3.63, 3.8) is 0 Å². The van der Waals surface area contributed by atoms with Crippen molar-refractivity contribution >= 4 is 0 Å². The third-order valence-electron chi connectivity index (χ3n) is 2.09. The van der Waals surface area contributed by atoms with E-state index in [1.807, 2.05) is 0 Å². The van der Waals surface area contributed by atoms with E-state index in [2.05, 4.69) is 0 Å². The Kier molecular flexibility index (Phi) is 1.62. The fraction of sp³-hybridized carbons (Fsp3) is 1.00. The van der Waals surface area contributed by atoms with E-state index in [4.69, 9.17) is 14.6 Å². The number of hydrogen-bond acceptors (Lipinski definition) is 5. The predicted molar refractivity (Wildman–Crippen MR) is 32.6 cm³/mol. The number of hydrogen-bond donors (Lipinski definition) is 3. The van der Waals surface area contributed by atoms with Crippen molar-refractivity contribution in [1.82, 2.24) is 0 Å². The van der Waals surface area contributed by atoms with Crippen molar-refractivity contribution in [3.05, 3.63) is 0 Å². The van der Waals surface area contributed by atoms with Gasteiger partial charge in [0.05, 0.1) is 6.61 Å². The summed E-state index contributed by atoms with van der Waals surface area (Å²) in [7, 11) is 0. The Labute approximate surface area is 63.2 Å². The van der Waals surface area contributed by atoms with Gasteiger partial charge >= 0.3 is 0 Å². The van der Waals surface area contributed by atoms with E-state index in [0.29, 0.717) is 0 Å². The maximum Gasteiger partial charge on any atom is 0.186 e. The third kappa shape index (κ3) is 0.969. The highest BCUT2D eigenvalue weighted by molar-refractivity contribution is 4.92. The van der Waals surface area contributed by atoms with E-state index in [9.17, 15) is 10.2 Å². The molecule has 2 aliphatic rings. The van der Waals surface area contributed by atoms with Crippen LogP contribution >= 0.6 is 0 Å². The van der Waals surface area contributed by atoms with Crippen LogP contribution in [-0.4, -0.2) is 52.6 Å². The number of aliphatic hydroxyl groups excluding tert-OH is 3. The van der Waals surface area contributed by atoms with Gasteiger partial charge in [0.2, 0.25) is 0 Å². The number of fused-ring (bicyclic) bond motifs is 2. The van der Waals surface area contributed by atoms with Crippen LogP contribution < -0.4 is 0 Å². The lowest BCUT2D eigenvalue weighted by atomic mass is 10.0. The van der Waals surface area contributed by atoms with Crippen molar-refractivity contribution in [2.45, 2.75) is 30.7 Å². The lowest BCUT2D eigenvalue weighted by Crippen LogP contribution is -2.53. The Hall–Kier alpha value is -0.200. The van der Waals surface area contributed by atoms with E-state index in [0.717, 1.165) is 0 Å². The van der Waals surface area contributed by atoms with Gasteiger partial charge in [-0.15, -0.1) is 0 Å². The van der Waals surface area contributed by atoms with Crippen LogP contribution in [0.25, 0.3) is 0 Å². The molecule has 5 nitrogen and oxygen atoms in total. The summed E-state index contributed by atoms with van der Waals surface area (Å²) in [5.74, 6) is 0. The Morgan fingerprint density at radius 3 is 2.45 bits per heavy atom. The Morgan fingerprint density at radius 1 is 1.00 bits per heavy atom. The summed E-state index contributed by atoms with van der Waals surface area (Å²) in [6, 6.07) is 0. The molecule has 0 aromatic heterocycles. The van der Waals surface area contributed by atoms with Gasteiger partial charge in [0.15, 0.2) is 6.29 Å². The van der Waals surface area contributed by atoms with Gasteiger partial charge in [0, 0.05) is 0 Å². The minimum absolute atomic E-state index is 0.236. The lowest BCUT2D eigenvalue weighted by molar-refractivity contribution is -0.228. The SMILES string of the molecule is O[C@H]1[C@H](O)[C@@H](O)C2OC[C@H]1O2. The van der Waals surface area contributed by atoms with Crippen LogP contribution in [-0.2, 0) is 9.47 Å². The Morgan fingerprint density at radius 2 is 1.73 bits per heavy atom. The number of aliphatic hydroxyl groups is 3. The van der Waals surface area contributed by atoms with Gasteiger partial charge in [0.1, 0.15) is 24.4 Å². The molecule has 2 fully saturated rings. The molecule has 0 aromatic carbocycles. The maximum atomic E-state index is 9.22. The Balaban J connectivity index is 2.16. The van der Waals surface area contributed by atoms with Crippen LogP contribution in [0.1, 0.15) is 0 Å². The summed E-state index contributed by atoms with van der Waals surface area (Å²) in [5, 5.41) is 27.6. The first-order valence-electron chi connectivity index (χ1n) is 3.51. The van der Waals surface area contributed by atoms with Crippen molar-refractivity contribution in [3.8, 4) is 0 Å². The second kappa shape index (κ2) is 2.40. The molecule has 5 heteroatoms. The van der Waals surface area contributed by atoms with Gasteiger partial charge in [-0.25, -0.2) is 0 Å². The van der Waals surface area contributed by atoms with E-state index < -0.39 is 30.7 Å². The standard InChI is InChI=1S/C6H10O5/c7-3-2-1-10-6(11-2)5(9)4(3)8/h2-9H,1H2/t2-,3-,4+,5-,6?/m1/s1. The first kappa shape index (κ1) is 7.45. The van der Waals surface area contributed by atoms with Crippen LogP contribution in [0.5, 0.6) is 0 Å². The summed E-state index contributed by atoms with van der Waals surface area (Å²) in [5.41, 5.74) is 0. The monoisotopic (exact) mass is 162 g/mol. The maximum absolute atomic E-state index is 9.22. The van der Waals surface area contributed by atoms with Gasteiger partial charge in [-0.1, -0.05) is 0 Å². The van der Waals surface area contributed by atoms with Gasteiger partial charge in [-0.3, -0.25) is 0 Å². The van der Waals surface area contributed by atoms with Crippen molar-refractivity contribution in [2.24, 2.45) is 0 Å². The molecular formula is C6H10O5. The van der Waals surface area contributed by atoms with Crippen LogP contribution in [0.3, 0.4) is 0 Å². The zero-order valence-corrected chi connectivity index (χ0v) is 5.75. The van der Waals surface area contributed by atoms with Crippen molar-refractivity contribution in [1.29, 1.82) is 0 Å². The highest BCUT2D eigenvalue weighted by Crippen LogP contribution is 2.27. The molecule has 2 rings (SSSR count). The molecule has 0 aliphatic carbocycles. The second-order valence-electron chi connectivity index (χ2n) is 2.85. The minimum atomic E-state index is -1.15. The molecule has 0 radical (unpaired) electrons. The third-order valence-corrected chi connectivity index (χ3v) is 2.09. The highest BCUT2D eigenvalue weighted by Gasteiger charge is 2.48. The summed E-state index contributed by atoms with van der Waals surface area (Å²) < 4.78 is 9.95. The van der Waals surface area contributed by atoms with Crippen LogP contribution in [0.15, 0.2) is 0 Å². The Bertz CT molecular complexity index is 141. The molecule has 0 amide bonds. The number of rotatable bonds is 0. The summed E-state index contributed by atoms with van der Waals surface area (Å²) in [6.07, 6.45) is -4.58. The summed E-state index contributed by atoms with van der Waals surface area (Å²) in [6.45, 7) is 0.236. The molecule has 2 saturated heterocycles. The van der Waals surface area contributed by atoms with E-state index in [1.54, 1.807) is 0 Å². The van der Waals surface area contributed by atoms with Gasteiger partial charge in [-0.05, 0) is 0 Å². The van der Waals surface area contributed by atoms with Gasteiger partial charge < -0.3 is 24.8 Å². The molecule has 0 saturated carbocycles. The quantitative estimate of drug-likeness (QED) is 0.377. The molecule has 0 spiro atoms. The average Bonchev–Trinajstić information content (AvgIpc) is 2.44. The van der Waals surface area contributed by atoms with Crippen LogP contribution in [0.4, 0.5) is 0 Å². The normalized spacial score (nSPS) is 56.5. The first-order valence-corrected chi connectivity index (χ1v) is 3.51. The molecule has 11 heavy (non-hydrogen) atoms. The molecule has 2 aliphatic heterocycles. The van der Waals surface area contributed by atoms with Crippen molar-refractivity contribution in [2.75, 3.05) is 6.61 Å². The number of ether oxygens (including phenoxy) is 2. The zero-order valence-electron chi connectivity index (χ0n) is 5.75. The molecule has 1 unspecified atom stereocenters.